The lowest BCUT2D eigenvalue weighted by Gasteiger charge is -2.22. The van der Waals surface area contributed by atoms with E-state index in [2.05, 4.69) is 10.1 Å². The van der Waals surface area contributed by atoms with E-state index in [1.165, 1.54) is 18.1 Å². The minimum absolute atomic E-state index is 0.00959. The molecule has 9 heteroatoms. The van der Waals surface area contributed by atoms with Crippen molar-refractivity contribution >= 4 is 34.8 Å². The summed E-state index contributed by atoms with van der Waals surface area (Å²) in [6, 6.07) is 18.7. The van der Waals surface area contributed by atoms with E-state index in [-0.39, 0.29) is 18.7 Å². The van der Waals surface area contributed by atoms with Gasteiger partial charge >= 0.3 is 12.0 Å². The summed E-state index contributed by atoms with van der Waals surface area (Å²) in [6.07, 6.45) is 0.247. The van der Waals surface area contributed by atoms with Crippen molar-refractivity contribution in [3.8, 4) is 5.75 Å². The number of Topliss-reactive ketones (excluding diaryl/α,β-unsaturated/α-hetero) is 1. The number of nitrogen functional groups attached to an aromatic ring is 1. The molecule has 0 aliphatic carbocycles. The first-order chi connectivity index (χ1) is 17.3. The number of primary amides is 1. The number of carbonyl (C=O) groups is 3. The molecule has 9 nitrogen and oxygen atoms in total. The third-order valence-electron chi connectivity index (χ3n) is 5.46. The molecule has 0 radical (unpaired) electrons. The van der Waals surface area contributed by atoms with E-state index in [4.69, 9.17) is 16.2 Å². The molecule has 0 aliphatic heterocycles. The van der Waals surface area contributed by atoms with Crippen molar-refractivity contribution < 1.29 is 23.9 Å². The predicted octanol–water partition coefficient (Wildman–Crippen LogP) is 3.36. The molecular formula is C27H30N4O5. The number of para-hydroxylation sites is 1. The number of amides is 2. The summed E-state index contributed by atoms with van der Waals surface area (Å²) in [4.78, 5) is 37.4. The van der Waals surface area contributed by atoms with Crippen molar-refractivity contribution in [3.05, 3.63) is 83.4 Å². The number of nitrogens with two attached hydrogens (primary N) is 2. The van der Waals surface area contributed by atoms with E-state index in [0.29, 0.717) is 41.5 Å². The second kappa shape index (κ2) is 12.4. The Hall–Kier alpha value is -4.37. The second-order valence-corrected chi connectivity index (χ2v) is 8.11. The number of hydrogen-bond acceptors (Lipinski definition) is 7. The Balaban J connectivity index is 1.46. The van der Waals surface area contributed by atoms with Crippen LogP contribution in [0.3, 0.4) is 0 Å². The maximum absolute atomic E-state index is 12.4. The lowest BCUT2D eigenvalue weighted by Crippen LogP contribution is -2.32. The van der Waals surface area contributed by atoms with Crippen molar-refractivity contribution in [2.24, 2.45) is 5.73 Å². The van der Waals surface area contributed by atoms with Crippen molar-refractivity contribution in [2.45, 2.75) is 13.3 Å². The molecule has 3 aromatic carbocycles. The zero-order valence-electron chi connectivity index (χ0n) is 20.3. The minimum Gasteiger partial charge on any atom is -0.490 e. The number of methoxy groups -OCH3 is 1. The van der Waals surface area contributed by atoms with E-state index >= 15 is 0 Å². The summed E-state index contributed by atoms with van der Waals surface area (Å²) in [7, 11) is 1.30. The first kappa shape index (κ1) is 26.2. The summed E-state index contributed by atoms with van der Waals surface area (Å²) in [5.41, 5.74) is 15.3. The van der Waals surface area contributed by atoms with Gasteiger partial charge in [-0.25, -0.2) is 9.59 Å². The first-order valence-corrected chi connectivity index (χ1v) is 11.4. The SMILES string of the molecule is COC(=O)c1ccc(OCCNCC(=O)Cc2ccc(N(C(N)=O)c3ccccc3C)cc2)c(N)c1. The van der Waals surface area contributed by atoms with Gasteiger partial charge in [0.05, 0.1) is 36.3 Å². The van der Waals surface area contributed by atoms with Gasteiger partial charge in [-0.1, -0.05) is 30.3 Å². The molecule has 2 amide bonds. The van der Waals surface area contributed by atoms with Crippen LogP contribution < -0.4 is 26.4 Å². The zero-order valence-corrected chi connectivity index (χ0v) is 20.3. The summed E-state index contributed by atoms with van der Waals surface area (Å²) in [5.74, 6) is -0.0125. The molecule has 0 saturated heterocycles. The molecule has 3 rings (SSSR count). The third kappa shape index (κ3) is 6.83. The molecule has 0 aromatic heterocycles. The highest BCUT2D eigenvalue weighted by molar-refractivity contribution is 5.99. The Morgan fingerprint density at radius 1 is 1.00 bits per heavy atom. The maximum atomic E-state index is 12.4. The Bertz CT molecular complexity index is 1230. The molecule has 0 heterocycles. The van der Waals surface area contributed by atoms with Crippen molar-refractivity contribution in [3.63, 3.8) is 0 Å². The average Bonchev–Trinajstić information content (AvgIpc) is 2.86. The molecule has 0 bridgehead atoms. The number of esters is 1. The normalized spacial score (nSPS) is 10.5. The number of aryl methyl sites for hydroxylation is 1. The van der Waals surface area contributed by atoms with Crippen LogP contribution in [0.2, 0.25) is 0 Å². The smallest absolute Gasteiger partial charge is 0.337 e. The van der Waals surface area contributed by atoms with Gasteiger partial charge in [-0.3, -0.25) is 9.69 Å². The zero-order chi connectivity index (χ0) is 26.1. The van der Waals surface area contributed by atoms with Gasteiger partial charge in [-0.05, 0) is 54.4 Å². The molecule has 0 atom stereocenters. The Labute approximate surface area is 210 Å². The highest BCUT2D eigenvalue weighted by Crippen LogP contribution is 2.28. The minimum atomic E-state index is -0.583. The van der Waals surface area contributed by atoms with Crippen LogP contribution in [0.15, 0.2) is 66.7 Å². The Kier molecular flexibility index (Phi) is 9.01. The molecular weight excluding hydrogens is 460 g/mol. The standard InChI is InChI=1S/C27H30N4O5/c1-18-5-3-4-6-24(18)31(27(29)34)21-10-7-19(8-11-21)15-22(32)17-30-13-14-36-25-12-9-20(16-23(25)28)26(33)35-2/h3-12,16,30H,13-15,17,28H2,1-2H3,(H2,29,34). The van der Waals surface area contributed by atoms with Crippen LogP contribution in [0.25, 0.3) is 0 Å². The largest absolute Gasteiger partial charge is 0.490 e. The van der Waals surface area contributed by atoms with Gasteiger partial charge in [-0.15, -0.1) is 0 Å². The summed E-state index contributed by atoms with van der Waals surface area (Å²) >= 11 is 0. The number of rotatable bonds is 11. The van der Waals surface area contributed by atoms with Gasteiger partial charge in [0.1, 0.15) is 12.4 Å². The molecule has 5 N–H and O–H groups in total. The third-order valence-corrected chi connectivity index (χ3v) is 5.46. The van der Waals surface area contributed by atoms with E-state index in [1.54, 1.807) is 24.3 Å². The topological polar surface area (TPSA) is 137 Å². The van der Waals surface area contributed by atoms with Crippen molar-refractivity contribution in [1.29, 1.82) is 0 Å². The quantitative estimate of drug-likeness (QED) is 0.213. The monoisotopic (exact) mass is 490 g/mol. The number of benzene rings is 3. The Morgan fingerprint density at radius 2 is 1.72 bits per heavy atom. The number of urea groups is 1. The molecule has 0 fully saturated rings. The highest BCUT2D eigenvalue weighted by Gasteiger charge is 2.17. The van der Waals surface area contributed by atoms with Crippen LogP contribution >= 0.6 is 0 Å². The van der Waals surface area contributed by atoms with Crippen LogP contribution in [0.4, 0.5) is 21.9 Å². The number of nitrogens with one attached hydrogen (secondary N) is 1. The Morgan fingerprint density at radius 3 is 2.36 bits per heavy atom. The van der Waals surface area contributed by atoms with Gasteiger partial charge in [0, 0.05) is 13.0 Å². The number of carbonyl (C=O) groups excluding carboxylic acids is 3. The molecule has 3 aromatic rings. The molecule has 0 aliphatic rings. The highest BCUT2D eigenvalue weighted by atomic mass is 16.5. The first-order valence-electron chi connectivity index (χ1n) is 11.4. The van der Waals surface area contributed by atoms with E-state index in [1.807, 2.05) is 43.3 Å². The van der Waals surface area contributed by atoms with Crippen molar-refractivity contribution in [1.82, 2.24) is 5.32 Å². The van der Waals surface area contributed by atoms with Crippen molar-refractivity contribution in [2.75, 3.05) is 37.4 Å². The average molecular weight is 491 g/mol. The van der Waals surface area contributed by atoms with Gasteiger partial charge in [-0.2, -0.15) is 0 Å². The van der Waals surface area contributed by atoms with Gasteiger partial charge in [0.2, 0.25) is 0 Å². The number of nitrogens with zero attached hydrogens (tertiary/aromatic N) is 1. The molecule has 0 spiro atoms. The van der Waals surface area contributed by atoms with Gasteiger partial charge in [0.15, 0.2) is 5.78 Å². The number of anilines is 3. The van der Waals surface area contributed by atoms with Crippen LogP contribution in [0.1, 0.15) is 21.5 Å². The fourth-order valence-electron chi connectivity index (χ4n) is 3.64. The molecule has 0 unspecified atom stereocenters. The lowest BCUT2D eigenvalue weighted by atomic mass is 10.1. The van der Waals surface area contributed by atoms with E-state index < -0.39 is 12.0 Å². The summed E-state index contributed by atoms with van der Waals surface area (Å²) in [5, 5.41) is 3.05. The van der Waals surface area contributed by atoms with Gasteiger partial charge in [0.25, 0.3) is 0 Å². The molecule has 36 heavy (non-hydrogen) atoms. The van der Waals surface area contributed by atoms with Crippen LogP contribution in [0, 0.1) is 6.92 Å². The van der Waals surface area contributed by atoms with E-state index in [0.717, 1.165) is 11.1 Å². The predicted molar refractivity (Wildman–Crippen MR) is 139 cm³/mol. The molecule has 188 valence electrons. The number of ether oxygens (including phenoxy) is 2. The number of hydrogen-bond donors (Lipinski definition) is 3. The maximum Gasteiger partial charge on any atom is 0.337 e. The molecule has 0 saturated carbocycles. The van der Waals surface area contributed by atoms with Gasteiger partial charge < -0.3 is 26.3 Å². The lowest BCUT2D eigenvalue weighted by molar-refractivity contribution is -0.117. The van der Waals surface area contributed by atoms with Crippen LogP contribution in [-0.4, -0.2) is 44.6 Å². The second-order valence-electron chi connectivity index (χ2n) is 8.11. The van der Waals surface area contributed by atoms with E-state index in [9.17, 15) is 14.4 Å². The number of ketones is 1. The fraction of sp³-hybridized carbons (Fsp3) is 0.222. The van der Waals surface area contributed by atoms with Crippen LogP contribution in [0.5, 0.6) is 5.75 Å². The fourth-order valence-corrected chi connectivity index (χ4v) is 3.64. The van der Waals surface area contributed by atoms with Crippen LogP contribution in [-0.2, 0) is 16.0 Å². The summed E-state index contributed by atoms with van der Waals surface area (Å²) < 4.78 is 10.3. The summed E-state index contributed by atoms with van der Waals surface area (Å²) in [6.45, 7) is 2.82.